The molecular weight excluding hydrogens is 387 g/mol. The van der Waals surface area contributed by atoms with E-state index in [1.54, 1.807) is 24.3 Å². The number of carbonyl (C=O) groups is 2. The molecule has 1 saturated heterocycles. The van der Waals surface area contributed by atoms with E-state index in [-0.39, 0.29) is 0 Å². The summed E-state index contributed by atoms with van der Waals surface area (Å²) in [5.74, 6) is -1.78. The van der Waals surface area contributed by atoms with E-state index < -0.39 is 23.8 Å². The van der Waals surface area contributed by atoms with Crippen LogP contribution in [0, 0.1) is 5.92 Å². The lowest BCUT2D eigenvalue weighted by Gasteiger charge is -2.16. The van der Waals surface area contributed by atoms with Crippen LogP contribution in [0.15, 0.2) is 47.6 Å². The number of oxime groups is 1. The van der Waals surface area contributed by atoms with E-state index in [9.17, 15) is 9.59 Å². The number of hydrogen-bond acceptors (Lipinski definition) is 4. The van der Waals surface area contributed by atoms with Gasteiger partial charge in [-0.25, -0.2) is 4.90 Å². The number of carbonyl (C=O) groups excluding carboxylic acids is 2. The Morgan fingerprint density at radius 3 is 2.32 bits per heavy atom. The van der Waals surface area contributed by atoms with Crippen molar-refractivity contribution >= 4 is 58.0 Å². The van der Waals surface area contributed by atoms with Crippen molar-refractivity contribution in [2.45, 2.75) is 6.10 Å². The van der Waals surface area contributed by atoms with Crippen molar-refractivity contribution < 1.29 is 14.4 Å². The van der Waals surface area contributed by atoms with Gasteiger partial charge in [-0.1, -0.05) is 52.1 Å². The molecule has 0 aliphatic carbocycles. The largest absolute Gasteiger partial charge is 0.381 e. The summed E-state index contributed by atoms with van der Waals surface area (Å²) in [6.07, 6.45) is -1.00. The number of amides is 2. The first-order valence-corrected chi connectivity index (χ1v) is 8.42. The molecule has 0 unspecified atom stereocenters. The number of fused-ring (bicyclic) bond motifs is 1. The van der Waals surface area contributed by atoms with Crippen LogP contribution in [0.1, 0.15) is 5.56 Å². The molecule has 0 spiro atoms. The van der Waals surface area contributed by atoms with Gasteiger partial charge in [0.15, 0.2) is 0 Å². The van der Waals surface area contributed by atoms with E-state index in [4.69, 9.17) is 39.6 Å². The van der Waals surface area contributed by atoms with Crippen LogP contribution < -0.4 is 4.90 Å². The second-order valence-electron chi connectivity index (χ2n) is 5.63. The third-order valence-electron chi connectivity index (χ3n) is 4.04. The summed E-state index contributed by atoms with van der Waals surface area (Å²) in [6.45, 7) is 0. The third kappa shape index (κ3) is 2.68. The van der Waals surface area contributed by atoms with Crippen molar-refractivity contribution in [1.29, 1.82) is 0 Å². The Morgan fingerprint density at radius 1 is 0.920 bits per heavy atom. The van der Waals surface area contributed by atoms with Gasteiger partial charge in [0.2, 0.25) is 12.0 Å². The van der Waals surface area contributed by atoms with Crippen LogP contribution in [0.2, 0.25) is 15.1 Å². The van der Waals surface area contributed by atoms with Gasteiger partial charge >= 0.3 is 0 Å². The van der Waals surface area contributed by atoms with Gasteiger partial charge in [0.25, 0.3) is 5.91 Å². The number of nitrogens with zero attached hydrogens (tertiary/aromatic N) is 2. The smallest absolute Gasteiger partial charge is 0.278 e. The Morgan fingerprint density at radius 2 is 1.64 bits per heavy atom. The van der Waals surface area contributed by atoms with Gasteiger partial charge in [-0.2, -0.15) is 0 Å². The minimum Gasteiger partial charge on any atom is -0.381 e. The summed E-state index contributed by atoms with van der Waals surface area (Å²) in [7, 11) is 0. The van der Waals surface area contributed by atoms with E-state index >= 15 is 0 Å². The molecule has 2 heterocycles. The van der Waals surface area contributed by atoms with Gasteiger partial charge in [-0.05, 0) is 30.3 Å². The van der Waals surface area contributed by atoms with Crippen molar-refractivity contribution in [2.24, 2.45) is 11.1 Å². The van der Waals surface area contributed by atoms with Crippen LogP contribution in [-0.2, 0) is 14.4 Å². The fourth-order valence-electron chi connectivity index (χ4n) is 2.99. The summed E-state index contributed by atoms with van der Waals surface area (Å²) in [6, 6.07) is 11.4. The monoisotopic (exact) mass is 394 g/mol. The Balaban J connectivity index is 1.73. The fraction of sp³-hybridized carbons (Fsp3) is 0.118. The average molecular weight is 396 g/mol. The van der Waals surface area contributed by atoms with E-state index in [1.807, 2.05) is 0 Å². The molecule has 0 saturated carbocycles. The minimum absolute atomic E-state index is 0.302. The van der Waals surface area contributed by atoms with Gasteiger partial charge in [-0.15, -0.1) is 0 Å². The molecule has 4 rings (SSSR count). The Hall–Kier alpha value is -2.08. The molecule has 8 heteroatoms. The second kappa shape index (κ2) is 6.02. The number of anilines is 1. The van der Waals surface area contributed by atoms with Crippen molar-refractivity contribution in [3.05, 3.63) is 63.1 Å². The van der Waals surface area contributed by atoms with Crippen molar-refractivity contribution in [1.82, 2.24) is 0 Å². The molecule has 0 N–H and O–H groups in total. The molecule has 2 atom stereocenters. The summed E-state index contributed by atoms with van der Waals surface area (Å²) >= 11 is 18.0. The molecule has 2 amide bonds. The standard InChI is InChI=1S/C17H9Cl3N2O3/c18-9-3-1-2-8(4-9)14-13-15(25-21-14)17(24)22(16(13)23)12-6-10(19)5-11(20)7-12/h1-7,13,15H/t13-,15+/m0/s1. The number of imide groups is 1. The first kappa shape index (κ1) is 16.4. The summed E-state index contributed by atoms with van der Waals surface area (Å²) in [5, 5.41) is 5.08. The maximum Gasteiger partial charge on any atom is 0.278 e. The molecule has 0 aromatic heterocycles. The van der Waals surface area contributed by atoms with Crippen molar-refractivity contribution in [3.8, 4) is 0 Å². The molecule has 0 radical (unpaired) electrons. The zero-order chi connectivity index (χ0) is 17.7. The summed E-state index contributed by atoms with van der Waals surface area (Å²) in [5.41, 5.74) is 1.31. The molecule has 126 valence electrons. The van der Waals surface area contributed by atoms with Crippen LogP contribution in [-0.4, -0.2) is 23.6 Å². The Kier molecular flexibility index (Phi) is 3.95. The Bertz CT molecular complexity index is 924. The van der Waals surface area contributed by atoms with Gasteiger partial charge in [0.05, 0.1) is 5.69 Å². The third-order valence-corrected chi connectivity index (χ3v) is 4.71. The van der Waals surface area contributed by atoms with Crippen LogP contribution in [0.25, 0.3) is 0 Å². The highest BCUT2D eigenvalue weighted by molar-refractivity contribution is 6.37. The lowest BCUT2D eigenvalue weighted by Crippen LogP contribution is -2.33. The van der Waals surface area contributed by atoms with Crippen LogP contribution in [0.3, 0.4) is 0 Å². The summed E-state index contributed by atoms with van der Waals surface area (Å²) < 4.78 is 0. The number of halogens is 3. The number of rotatable bonds is 2. The van der Waals surface area contributed by atoms with E-state index in [2.05, 4.69) is 5.16 Å². The molecule has 1 fully saturated rings. The molecule has 2 aromatic rings. The molecule has 2 aromatic carbocycles. The maximum atomic E-state index is 12.9. The molecule has 2 aliphatic rings. The molecule has 2 aliphatic heterocycles. The van der Waals surface area contributed by atoms with E-state index in [1.165, 1.54) is 18.2 Å². The van der Waals surface area contributed by atoms with E-state index in [0.29, 0.717) is 32.0 Å². The average Bonchev–Trinajstić information content (AvgIpc) is 3.07. The second-order valence-corrected chi connectivity index (χ2v) is 6.94. The first-order valence-electron chi connectivity index (χ1n) is 7.29. The van der Waals surface area contributed by atoms with Crippen molar-refractivity contribution in [3.63, 3.8) is 0 Å². The highest BCUT2D eigenvalue weighted by atomic mass is 35.5. The first-order chi connectivity index (χ1) is 12.0. The molecule has 25 heavy (non-hydrogen) atoms. The normalized spacial score (nSPS) is 22.0. The predicted octanol–water partition coefficient (Wildman–Crippen LogP) is 3.94. The van der Waals surface area contributed by atoms with Crippen LogP contribution in [0.5, 0.6) is 0 Å². The maximum absolute atomic E-state index is 12.9. The van der Waals surface area contributed by atoms with Crippen LogP contribution in [0.4, 0.5) is 5.69 Å². The van der Waals surface area contributed by atoms with Gasteiger partial charge < -0.3 is 4.84 Å². The van der Waals surface area contributed by atoms with Crippen molar-refractivity contribution in [2.75, 3.05) is 4.90 Å². The topological polar surface area (TPSA) is 59.0 Å². The highest BCUT2D eigenvalue weighted by Gasteiger charge is 2.56. The van der Waals surface area contributed by atoms with Gasteiger partial charge in [0, 0.05) is 20.6 Å². The fourth-order valence-corrected chi connectivity index (χ4v) is 3.69. The number of benzene rings is 2. The zero-order valence-corrected chi connectivity index (χ0v) is 14.7. The zero-order valence-electron chi connectivity index (χ0n) is 12.4. The highest BCUT2D eigenvalue weighted by Crippen LogP contribution is 2.37. The Labute approximate surface area is 157 Å². The predicted molar refractivity (Wildman–Crippen MR) is 95.3 cm³/mol. The lowest BCUT2D eigenvalue weighted by atomic mass is 9.94. The number of hydrogen-bond donors (Lipinski definition) is 0. The SMILES string of the molecule is O=C1[C@H]2C(c3cccc(Cl)c3)=NO[C@H]2C(=O)N1c1cc(Cl)cc(Cl)c1. The molecule has 0 bridgehead atoms. The lowest BCUT2D eigenvalue weighted by molar-refractivity contribution is -0.126. The van der Waals surface area contributed by atoms with Gasteiger partial charge in [-0.3, -0.25) is 9.59 Å². The van der Waals surface area contributed by atoms with Crippen LogP contribution >= 0.6 is 34.8 Å². The minimum atomic E-state index is -1.00. The summed E-state index contributed by atoms with van der Waals surface area (Å²) in [4.78, 5) is 31.9. The van der Waals surface area contributed by atoms with E-state index in [0.717, 1.165) is 4.90 Å². The quantitative estimate of drug-likeness (QED) is 0.724. The van der Waals surface area contributed by atoms with Gasteiger partial charge in [0.1, 0.15) is 11.6 Å². The molecule has 5 nitrogen and oxygen atoms in total. The molecular formula is C17H9Cl3N2O3.